The lowest BCUT2D eigenvalue weighted by atomic mass is 10.3. The van der Waals surface area contributed by atoms with Crippen LogP contribution in [0.2, 0.25) is 0 Å². The van der Waals surface area contributed by atoms with Crippen molar-refractivity contribution in [3.8, 4) is 5.75 Å². The smallest absolute Gasteiger partial charge is 0.348 e. The molecule has 1 aromatic heterocycles. The third-order valence-corrected chi connectivity index (χ3v) is 4.59. The van der Waals surface area contributed by atoms with Crippen molar-refractivity contribution in [2.24, 2.45) is 5.14 Å². The van der Waals surface area contributed by atoms with E-state index in [1.807, 2.05) is 13.0 Å². The Balaban J connectivity index is 1.78. The van der Waals surface area contributed by atoms with Crippen LogP contribution in [0.4, 0.5) is 0 Å². The lowest BCUT2D eigenvalue weighted by molar-refractivity contribution is 0.0456. The Hall–Kier alpha value is -1.90. The normalized spacial score (nSPS) is 11.2. The number of esters is 1. The Kier molecular flexibility index (Phi) is 5.17. The number of sulfonamides is 1. The zero-order chi connectivity index (χ0) is 16.2. The first kappa shape index (κ1) is 16.5. The highest BCUT2D eigenvalue weighted by atomic mass is 32.2. The van der Waals surface area contributed by atoms with E-state index in [0.29, 0.717) is 10.6 Å². The van der Waals surface area contributed by atoms with Crippen LogP contribution in [0, 0.1) is 6.92 Å². The standard InChI is InChI=1S/C14H15NO5S2/c1-10-2-7-13(21-10)14(16)20-9-8-19-11-3-5-12(6-4-11)22(15,17)18/h2-7H,8-9H2,1H3,(H2,15,17,18). The second-order valence-corrected chi connectivity index (χ2v) is 7.26. The highest BCUT2D eigenvalue weighted by Crippen LogP contribution is 2.16. The van der Waals surface area contributed by atoms with Gasteiger partial charge in [-0.3, -0.25) is 0 Å². The zero-order valence-electron chi connectivity index (χ0n) is 11.8. The van der Waals surface area contributed by atoms with Gasteiger partial charge in [0.05, 0.1) is 4.90 Å². The number of nitrogens with two attached hydrogens (primary N) is 1. The van der Waals surface area contributed by atoms with Crippen molar-refractivity contribution in [3.63, 3.8) is 0 Å². The Morgan fingerprint density at radius 1 is 1.14 bits per heavy atom. The summed E-state index contributed by atoms with van der Waals surface area (Å²) in [5.41, 5.74) is 0. The molecule has 0 radical (unpaired) electrons. The van der Waals surface area contributed by atoms with Gasteiger partial charge in [-0.05, 0) is 43.3 Å². The van der Waals surface area contributed by atoms with Crippen LogP contribution in [0.1, 0.15) is 14.5 Å². The first-order valence-corrected chi connectivity index (χ1v) is 8.72. The van der Waals surface area contributed by atoms with Crippen LogP contribution in [-0.2, 0) is 14.8 Å². The van der Waals surface area contributed by atoms with Crippen molar-refractivity contribution in [1.82, 2.24) is 0 Å². The molecular weight excluding hydrogens is 326 g/mol. The van der Waals surface area contributed by atoms with Gasteiger partial charge in [-0.2, -0.15) is 0 Å². The Morgan fingerprint density at radius 3 is 2.36 bits per heavy atom. The predicted octanol–water partition coefficient (Wildman–Crippen LogP) is 1.94. The molecule has 0 unspecified atom stereocenters. The van der Waals surface area contributed by atoms with E-state index in [1.165, 1.54) is 35.6 Å². The van der Waals surface area contributed by atoms with Gasteiger partial charge in [-0.1, -0.05) is 0 Å². The number of rotatable bonds is 6. The summed E-state index contributed by atoms with van der Waals surface area (Å²) < 4.78 is 32.6. The molecule has 0 saturated heterocycles. The molecule has 0 spiro atoms. The van der Waals surface area contributed by atoms with Gasteiger partial charge < -0.3 is 9.47 Å². The summed E-state index contributed by atoms with van der Waals surface area (Å²) in [7, 11) is -3.71. The largest absolute Gasteiger partial charge is 0.490 e. The highest BCUT2D eigenvalue weighted by molar-refractivity contribution is 7.89. The molecule has 0 bridgehead atoms. The molecule has 0 aliphatic carbocycles. The molecule has 1 aromatic carbocycles. The third-order valence-electron chi connectivity index (χ3n) is 2.68. The van der Waals surface area contributed by atoms with E-state index in [0.717, 1.165) is 4.88 Å². The van der Waals surface area contributed by atoms with E-state index in [4.69, 9.17) is 14.6 Å². The van der Waals surface area contributed by atoms with Crippen molar-refractivity contribution in [1.29, 1.82) is 0 Å². The molecule has 1 heterocycles. The van der Waals surface area contributed by atoms with E-state index in [2.05, 4.69) is 0 Å². The molecule has 2 rings (SSSR count). The molecule has 6 nitrogen and oxygen atoms in total. The molecule has 8 heteroatoms. The van der Waals surface area contributed by atoms with Gasteiger partial charge >= 0.3 is 5.97 Å². The van der Waals surface area contributed by atoms with Crippen molar-refractivity contribution < 1.29 is 22.7 Å². The second kappa shape index (κ2) is 6.91. The molecule has 118 valence electrons. The van der Waals surface area contributed by atoms with E-state index >= 15 is 0 Å². The predicted molar refractivity (Wildman–Crippen MR) is 82.6 cm³/mol. The van der Waals surface area contributed by atoms with Gasteiger partial charge in [0.15, 0.2) is 0 Å². The zero-order valence-corrected chi connectivity index (χ0v) is 13.4. The first-order chi connectivity index (χ1) is 10.4. The molecule has 0 amide bonds. The monoisotopic (exact) mass is 341 g/mol. The van der Waals surface area contributed by atoms with Crippen molar-refractivity contribution in [2.45, 2.75) is 11.8 Å². The van der Waals surface area contributed by atoms with Crippen molar-refractivity contribution in [3.05, 3.63) is 46.2 Å². The van der Waals surface area contributed by atoms with E-state index in [9.17, 15) is 13.2 Å². The number of thiophene rings is 1. The molecule has 2 N–H and O–H groups in total. The van der Waals surface area contributed by atoms with Crippen molar-refractivity contribution >= 4 is 27.3 Å². The van der Waals surface area contributed by atoms with Gasteiger partial charge in [-0.15, -0.1) is 11.3 Å². The molecule has 2 aromatic rings. The maximum atomic E-state index is 11.7. The average molecular weight is 341 g/mol. The minimum Gasteiger partial charge on any atom is -0.490 e. The van der Waals surface area contributed by atoms with Gasteiger partial charge in [-0.25, -0.2) is 18.4 Å². The number of ether oxygens (including phenoxy) is 2. The number of carbonyl (C=O) groups is 1. The minimum absolute atomic E-state index is 0.0133. The fraction of sp³-hybridized carbons (Fsp3) is 0.214. The summed E-state index contributed by atoms with van der Waals surface area (Å²) in [5, 5.41) is 4.99. The highest BCUT2D eigenvalue weighted by Gasteiger charge is 2.10. The number of benzene rings is 1. The summed E-state index contributed by atoms with van der Waals surface area (Å²) in [6.45, 7) is 2.19. The number of hydrogen-bond acceptors (Lipinski definition) is 6. The van der Waals surface area contributed by atoms with Crippen LogP contribution in [0.25, 0.3) is 0 Å². The second-order valence-electron chi connectivity index (χ2n) is 4.41. The van der Waals surface area contributed by atoms with Crippen LogP contribution in [0.3, 0.4) is 0 Å². The molecule has 0 saturated carbocycles. The number of primary sulfonamides is 1. The van der Waals surface area contributed by atoms with E-state index in [-0.39, 0.29) is 24.1 Å². The topological polar surface area (TPSA) is 95.7 Å². The summed E-state index contributed by atoms with van der Waals surface area (Å²) in [6.07, 6.45) is 0. The van der Waals surface area contributed by atoms with E-state index in [1.54, 1.807) is 6.07 Å². The van der Waals surface area contributed by atoms with Crippen LogP contribution in [-0.4, -0.2) is 27.6 Å². The summed E-state index contributed by atoms with van der Waals surface area (Å²) in [4.78, 5) is 13.3. The third kappa shape index (κ3) is 4.55. The Labute approximate surface area is 132 Å². The number of aryl methyl sites for hydroxylation is 1. The Morgan fingerprint density at radius 2 is 1.82 bits per heavy atom. The number of hydrogen-bond donors (Lipinski definition) is 1. The van der Waals surface area contributed by atoms with Crippen LogP contribution < -0.4 is 9.88 Å². The molecule has 0 atom stereocenters. The minimum atomic E-state index is -3.71. The molecule has 0 aliphatic rings. The SMILES string of the molecule is Cc1ccc(C(=O)OCCOc2ccc(S(N)(=O)=O)cc2)s1. The summed E-state index contributed by atoms with van der Waals surface area (Å²) in [6, 6.07) is 9.25. The van der Waals surface area contributed by atoms with Crippen molar-refractivity contribution in [2.75, 3.05) is 13.2 Å². The van der Waals surface area contributed by atoms with Gasteiger partial charge in [0.2, 0.25) is 10.0 Å². The number of carbonyl (C=O) groups excluding carboxylic acids is 1. The van der Waals surface area contributed by atoms with Gasteiger partial charge in [0, 0.05) is 4.88 Å². The van der Waals surface area contributed by atoms with Gasteiger partial charge in [0.25, 0.3) is 0 Å². The molecular formula is C14H15NO5S2. The molecule has 0 aliphatic heterocycles. The lowest BCUT2D eigenvalue weighted by Gasteiger charge is -2.07. The lowest BCUT2D eigenvalue weighted by Crippen LogP contribution is -2.13. The van der Waals surface area contributed by atoms with Crippen LogP contribution >= 0.6 is 11.3 Å². The maximum Gasteiger partial charge on any atom is 0.348 e. The quantitative estimate of drug-likeness (QED) is 0.640. The molecule has 0 fully saturated rings. The van der Waals surface area contributed by atoms with Crippen LogP contribution in [0.15, 0.2) is 41.3 Å². The van der Waals surface area contributed by atoms with Gasteiger partial charge in [0.1, 0.15) is 23.8 Å². The Bertz CT molecular complexity index is 750. The van der Waals surface area contributed by atoms with Crippen LogP contribution in [0.5, 0.6) is 5.75 Å². The summed E-state index contributed by atoms with van der Waals surface area (Å²) >= 11 is 1.37. The first-order valence-electron chi connectivity index (χ1n) is 6.35. The summed E-state index contributed by atoms with van der Waals surface area (Å²) in [5.74, 6) is 0.0849. The maximum absolute atomic E-state index is 11.7. The fourth-order valence-corrected chi connectivity index (χ4v) is 2.91. The fourth-order valence-electron chi connectivity index (χ4n) is 1.63. The molecule has 22 heavy (non-hydrogen) atoms. The average Bonchev–Trinajstić information content (AvgIpc) is 2.89. The van der Waals surface area contributed by atoms with E-state index < -0.39 is 10.0 Å².